The molecule has 1 aromatic rings. The molecule has 72 valence electrons. The van der Waals surface area contributed by atoms with Gasteiger partial charge in [-0.3, -0.25) is 5.43 Å². The first-order valence-corrected chi connectivity index (χ1v) is 4.87. The highest BCUT2D eigenvalue weighted by atomic mass is 32.2. The Morgan fingerprint density at radius 2 is 2.43 bits per heavy atom. The highest BCUT2D eigenvalue weighted by Crippen LogP contribution is 2.10. The number of rotatable bonds is 5. The van der Waals surface area contributed by atoms with E-state index < -0.39 is 0 Å². The van der Waals surface area contributed by atoms with Gasteiger partial charge < -0.3 is 0 Å². The molecule has 1 rings (SSSR count). The number of aromatic nitrogens is 1. The molecule has 0 aliphatic rings. The molecule has 0 aliphatic heterocycles. The van der Waals surface area contributed by atoms with Crippen LogP contribution in [-0.4, -0.2) is 11.2 Å². The largest absolute Gasteiger partial charge is 0.261 e. The molecule has 0 amide bonds. The summed E-state index contributed by atoms with van der Waals surface area (Å²) < 4.78 is 0. The fourth-order valence-electron chi connectivity index (χ4n) is 0.737. The summed E-state index contributed by atoms with van der Waals surface area (Å²) in [5.41, 5.74) is 2.78. The molecule has 0 unspecified atom stereocenters. The topological polar surface area (TPSA) is 37.3 Å². The molecule has 0 spiro atoms. The third-order valence-corrected chi connectivity index (χ3v) is 1.86. The SMILES string of the molecule is C=CSC(=C)/C=N/Nc1ccccn1. The van der Waals surface area contributed by atoms with Crippen LogP contribution in [0, 0.1) is 0 Å². The van der Waals surface area contributed by atoms with Crippen LogP contribution >= 0.6 is 11.8 Å². The van der Waals surface area contributed by atoms with Gasteiger partial charge in [0.15, 0.2) is 0 Å². The van der Waals surface area contributed by atoms with Crippen molar-refractivity contribution >= 4 is 23.8 Å². The Kier molecular flexibility index (Phi) is 4.50. The summed E-state index contributed by atoms with van der Waals surface area (Å²) in [6.45, 7) is 7.33. The highest BCUT2D eigenvalue weighted by molar-refractivity contribution is 8.06. The molecule has 0 aliphatic carbocycles. The molecule has 14 heavy (non-hydrogen) atoms. The number of anilines is 1. The Hall–Kier alpha value is -1.55. The normalized spacial score (nSPS) is 10.0. The summed E-state index contributed by atoms with van der Waals surface area (Å²) in [4.78, 5) is 4.86. The molecule has 3 nitrogen and oxygen atoms in total. The molecule has 0 saturated heterocycles. The van der Waals surface area contributed by atoms with E-state index in [0.717, 1.165) is 4.91 Å². The number of hydrogen-bond donors (Lipinski definition) is 1. The molecule has 0 bridgehead atoms. The number of hydrazone groups is 1. The van der Waals surface area contributed by atoms with E-state index in [9.17, 15) is 0 Å². The predicted octanol–water partition coefficient (Wildman–Crippen LogP) is 2.87. The van der Waals surface area contributed by atoms with E-state index in [4.69, 9.17) is 0 Å². The second-order valence-corrected chi connectivity index (χ2v) is 3.43. The maximum absolute atomic E-state index is 4.04. The van der Waals surface area contributed by atoms with Crippen molar-refractivity contribution in [2.24, 2.45) is 5.10 Å². The van der Waals surface area contributed by atoms with Gasteiger partial charge >= 0.3 is 0 Å². The third-order valence-electron chi connectivity index (χ3n) is 1.29. The zero-order chi connectivity index (χ0) is 10.2. The van der Waals surface area contributed by atoms with Gasteiger partial charge in [0.1, 0.15) is 5.82 Å². The first kappa shape index (κ1) is 10.5. The van der Waals surface area contributed by atoms with Gasteiger partial charge in [0, 0.05) is 11.1 Å². The number of hydrogen-bond acceptors (Lipinski definition) is 4. The van der Waals surface area contributed by atoms with Crippen molar-refractivity contribution in [2.45, 2.75) is 0 Å². The third kappa shape index (κ3) is 3.91. The van der Waals surface area contributed by atoms with Crippen LogP contribution in [0.2, 0.25) is 0 Å². The highest BCUT2D eigenvalue weighted by Gasteiger charge is 1.87. The van der Waals surface area contributed by atoms with Crippen molar-refractivity contribution in [3.8, 4) is 0 Å². The Balaban J connectivity index is 2.41. The van der Waals surface area contributed by atoms with Gasteiger partial charge in [0.2, 0.25) is 0 Å². The van der Waals surface area contributed by atoms with Crippen molar-refractivity contribution < 1.29 is 0 Å². The van der Waals surface area contributed by atoms with Gasteiger partial charge in [-0.25, -0.2) is 4.98 Å². The van der Waals surface area contributed by atoms with Gasteiger partial charge in [0.25, 0.3) is 0 Å². The van der Waals surface area contributed by atoms with Crippen LogP contribution in [0.4, 0.5) is 5.82 Å². The second-order valence-electron chi connectivity index (χ2n) is 2.34. The minimum Gasteiger partial charge on any atom is -0.261 e. The maximum atomic E-state index is 4.04. The lowest BCUT2D eigenvalue weighted by molar-refractivity contribution is 1.23. The molecule has 1 aromatic heterocycles. The minimum atomic E-state index is 0.708. The molecule has 1 heterocycles. The minimum absolute atomic E-state index is 0.708. The summed E-state index contributed by atoms with van der Waals surface area (Å²) in [6, 6.07) is 5.57. The monoisotopic (exact) mass is 205 g/mol. The van der Waals surface area contributed by atoms with Crippen molar-refractivity contribution in [1.29, 1.82) is 0 Å². The number of thioether (sulfide) groups is 1. The summed E-state index contributed by atoms with van der Waals surface area (Å²) in [7, 11) is 0. The zero-order valence-corrected chi connectivity index (χ0v) is 8.50. The summed E-state index contributed by atoms with van der Waals surface area (Å²) in [5, 5.41) is 5.66. The van der Waals surface area contributed by atoms with E-state index in [-0.39, 0.29) is 0 Å². The molecule has 0 saturated carbocycles. The predicted molar refractivity (Wildman–Crippen MR) is 63.3 cm³/mol. The molecular weight excluding hydrogens is 194 g/mol. The molecule has 0 atom stereocenters. The quantitative estimate of drug-likeness (QED) is 0.593. The lowest BCUT2D eigenvalue weighted by atomic mass is 10.5. The zero-order valence-electron chi connectivity index (χ0n) is 7.68. The van der Waals surface area contributed by atoms with E-state index in [0.29, 0.717) is 5.82 Å². The van der Waals surface area contributed by atoms with Crippen LogP contribution < -0.4 is 5.43 Å². The number of nitrogens with one attached hydrogen (secondary N) is 1. The van der Waals surface area contributed by atoms with Gasteiger partial charge in [-0.1, -0.05) is 31.0 Å². The Labute approximate surface area is 87.6 Å². The molecule has 0 fully saturated rings. The van der Waals surface area contributed by atoms with E-state index >= 15 is 0 Å². The maximum Gasteiger partial charge on any atom is 0.146 e. The fourth-order valence-corrected chi connectivity index (χ4v) is 1.06. The van der Waals surface area contributed by atoms with Crippen molar-refractivity contribution in [2.75, 3.05) is 5.43 Å². The standard InChI is InChI=1S/C10H11N3S/c1-3-14-9(2)8-12-13-10-6-4-5-7-11-10/h3-8H,1-2H2,(H,11,13)/b12-8+. The number of nitrogens with zero attached hydrogens (tertiary/aromatic N) is 2. The van der Waals surface area contributed by atoms with Crippen LogP contribution in [-0.2, 0) is 0 Å². The van der Waals surface area contributed by atoms with E-state index in [1.165, 1.54) is 11.8 Å². The first-order chi connectivity index (χ1) is 6.83. The fraction of sp³-hybridized carbons (Fsp3) is 0. The summed E-state index contributed by atoms with van der Waals surface area (Å²) >= 11 is 1.43. The molecule has 0 aromatic carbocycles. The van der Waals surface area contributed by atoms with Gasteiger partial charge in [-0.05, 0) is 17.5 Å². The lowest BCUT2D eigenvalue weighted by Gasteiger charge is -1.97. The van der Waals surface area contributed by atoms with Crippen molar-refractivity contribution in [1.82, 2.24) is 4.98 Å². The molecule has 1 N–H and O–H groups in total. The average Bonchev–Trinajstić information content (AvgIpc) is 2.20. The first-order valence-electron chi connectivity index (χ1n) is 3.99. The Morgan fingerprint density at radius 3 is 3.07 bits per heavy atom. The van der Waals surface area contributed by atoms with E-state index in [2.05, 4.69) is 28.7 Å². The lowest BCUT2D eigenvalue weighted by Crippen LogP contribution is -1.91. The van der Waals surface area contributed by atoms with Crippen LogP contribution in [0.25, 0.3) is 0 Å². The van der Waals surface area contributed by atoms with Crippen molar-refractivity contribution in [3.05, 3.63) is 47.9 Å². The van der Waals surface area contributed by atoms with Gasteiger partial charge in [-0.15, -0.1) is 0 Å². The summed E-state index contributed by atoms with van der Waals surface area (Å²) in [6.07, 6.45) is 3.33. The van der Waals surface area contributed by atoms with Gasteiger partial charge in [0.05, 0.1) is 6.21 Å². The van der Waals surface area contributed by atoms with E-state index in [1.807, 2.05) is 18.2 Å². The van der Waals surface area contributed by atoms with Crippen LogP contribution in [0.1, 0.15) is 0 Å². The van der Waals surface area contributed by atoms with E-state index in [1.54, 1.807) is 17.8 Å². The van der Waals surface area contributed by atoms with Crippen molar-refractivity contribution in [3.63, 3.8) is 0 Å². The molecule has 0 radical (unpaired) electrons. The Bertz CT molecular complexity index is 332. The second kappa shape index (κ2) is 5.99. The molecule has 4 heteroatoms. The smallest absolute Gasteiger partial charge is 0.146 e. The average molecular weight is 205 g/mol. The van der Waals surface area contributed by atoms with Crippen LogP contribution in [0.5, 0.6) is 0 Å². The molecular formula is C10H11N3S. The van der Waals surface area contributed by atoms with Crippen LogP contribution in [0.15, 0.2) is 53.0 Å². The Morgan fingerprint density at radius 1 is 1.57 bits per heavy atom. The van der Waals surface area contributed by atoms with Gasteiger partial charge in [-0.2, -0.15) is 5.10 Å². The summed E-state index contributed by atoms with van der Waals surface area (Å²) in [5.74, 6) is 0.708. The van der Waals surface area contributed by atoms with Crippen LogP contribution in [0.3, 0.4) is 0 Å². The number of pyridine rings is 1. The number of allylic oxidation sites excluding steroid dienone is 1.